The summed E-state index contributed by atoms with van der Waals surface area (Å²) in [6, 6.07) is 4.65. The molecule has 0 spiro atoms. The molecule has 0 atom stereocenters. The first-order valence-electron chi connectivity index (χ1n) is 6.16. The summed E-state index contributed by atoms with van der Waals surface area (Å²) >= 11 is 4.36. The predicted molar refractivity (Wildman–Crippen MR) is 75.3 cm³/mol. The highest BCUT2D eigenvalue weighted by molar-refractivity contribution is 7.80. The van der Waals surface area contributed by atoms with Gasteiger partial charge in [0.15, 0.2) is 5.75 Å². The zero-order valence-corrected chi connectivity index (χ0v) is 11.7. The second kappa shape index (κ2) is 5.69. The summed E-state index contributed by atoms with van der Waals surface area (Å²) in [7, 11) is 1.41. The lowest BCUT2D eigenvalue weighted by atomic mass is 9.71. The van der Waals surface area contributed by atoms with Crippen LogP contribution < -0.4 is 9.47 Å². The molecule has 1 fully saturated rings. The zero-order valence-electron chi connectivity index (χ0n) is 10.8. The van der Waals surface area contributed by atoms with E-state index in [1.807, 2.05) is 0 Å². The van der Waals surface area contributed by atoms with Gasteiger partial charge in [-0.3, -0.25) is 10.1 Å². The molecule has 1 aromatic carbocycles. The van der Waals surface area contributed by atoms with Crippen LogP contribution in [0.2, 0.25) is 0 Å². The van der Waals surface area contributed by atoms with Crippen LogP contribution in [-0.2, 0) is 0 Å². The maximum atomic E-state index is 10.9. The topological polar surface area (TPSA) is 61.6 Å². The minimum absolute atomic E-state index is 0.0754. The lowest BCUT2D eigenvalue weighted by molar-refractivity contribution is -0.385. The van der Waals surface area contributed by atoms with Gasteiger partial charge in [-0.05, 0) is 30.7 Å². The quantitative estimate of drug-likeness (QED) is 0.495. The van der Waals surface area contributed by atoms with Gasteiger partial charge in [0.05, 0.1) is 24.7 Å². The van der Waals surface area contributed by atoms with E-state index in [4.69, 9.17) is 9.47 Å². The number of nitrogens with zero attached hydrogens (tertiary/aromatic N) is 1. The fourth-order valence-corrected chi connectivity index (χ4v) is 2.57. The highest BCUT2D eigenvalue weighted by atomic mass is 32.1. The molecule has 0 unspecified atom stereocenters. The summed E-state index contributed by atoms with van der Waals surface area (Å²) in [6.45, 7) is 0.556. The fraction of sp³-hybridized carbons (Fsp3) is 0.538. The number of ether oxygens (including phenoxy) is 2. The molecule has 1 saturated carbocycles. The Morgan fingerprint density at radius 2 is 2.21 bits per heavy atom. The molecule has 5 nitrogen and oxygen atoms in total. The molecule has 1 aliphatic carbocycles. The minimum atomic E-state index is -0.469. The van der Waals surface area contributed by atoms with Gasteiger partial charge >= 0.3 is 5.69 Å². The molecular formula is C13H17NO4S. The van der Waals surface area contributed by atoms with E-state index >= 15 is 0 Å². The van der Waals surface area contributed by atoms with Crippen molar-refractivity contribution >= 4 is 18.3 Å². The van der Waals surface area contributed by atoms with Crippen LogP contribution >= 0.6 is 12.6 Å². The third kappa shape index (κ3) is 2.94. The standard InChI is InChI=1S/C13H17NO4S/c1-17-12-4-3-10(7-11(12)14(15)16)18-8-13(9-19)5-2-6-13/h3-4,7,19H,2,5-6,8-9H2,1H3. The molecule has 19 heavy (non-hydrogen) atoms. The Balaban J connectivity index is 2.08. The van der Waals surface area contributed by atoms with Gasteiger partial charge in [0.2, 0.25) is 0 Å². The van der Waals surface area contributed by atoms with Gasteiger partial charge in [0.25, 0.3) is 0 Å². The van der Waals surface area contributed by atoms with Crippen molar-refractivity contribution in [1.82, 2.24) is 0 Å². The summed E-state index contributed by atoms with van der Waals surface area (Å²) in [5.74, 6) is 1.52. The first kappa shape index (κ1) is 14.0. The first-order valence-corrected chi connectivity index (χ1v) is 6.79. The number of hydrogen-bond donors (Lipinski definition) is 1. The van der Waals surface area contributed by atoms with E-state index in [9.17, 15) is 10.1 Å². The fourth-order valence-electron chi connectivity index (χ4n) is 2.16. The van der Waals surface area contributed by atoms with E-state index in [0.717, 1.165) is 18.6 Å². The maximum absolute atomic E-state index is 10.9. The maximum Gasteiger partial charge on any atom is 0.314 e. The Hall–Kier alpha value is -1.43. The van der Waals surface area contributed by atoms with Crippen LogP contribution in [0.4, 0.5) is 5.69 Å². The molecule has 0 aromatic heterocycles. The second-order valence-corrected chi connectivity index (χ2v) is 5.21. The Kier molecular flexibility index (Phi) is 4.19. The molecule has 0 radical (unpaired) electrons. The van der Waals surface area contributed by atoms with Crippen LogP contribution in [0.15, 0.2) is 18.2 Å². The van der Waals surface area contributed by atoms with E-state index in [0.29, 0.717) is 12.4 Å². The molecule has 0 amide bonds. The first-order chi connectivity index (χ1) is 9.10. The number of methoxy groups -OCH3 is 1. The lowest BCUT2D eigenvalue weighted by Crippen LogP contribution is -2.37. The van der Waals surface area contributed by atoms with Crippen LogP contribution in [-0.4, -0.2) is 24.4 Å². The van der Waals surface area contributed by atoms with Crippen molar-refractivity contribution in [2.24, 2.45) is 5.41 Å². The van der Waals surface area contributed by atoms with Crippen molar-refractivity contribution in [2.45, 2.75) is 19.3 Å². The highest BCUT2D eigenvalue weighted by Gasteiger charge is 2.36. The monoisotopic (exact) mass is 283 g/mol. The Morgan fingerprint density at radius 1 is 1.47 bits per heavy atom. The number of benzene rings is 1. The molecule has 1 aromatic rings. The van der Waals surface area contributed by atoms with Crippen molar-refractivity contribution in [3.8, 4) is 11.5 Å². The Morgan fingerprint density at radius 3 is 2.68 bits per heavy atom. The summed E-state index contributed by atoms with van der Waals surface area (Å²) in [5, 5.41) is 10.9. The van der Waals surface area contributed by atoms with Gasteiger partial charge in [-0.2, -0.15) is 12.6 Å². The van der Waals surface area contributed by atoms with E-state index < -0.39 is 4.92 Å². The smallest absolute Gasteiger partial charge is 0.314 e. The van der Waals surface area contributed by atoms with Gasteiger partial charge in [-0.25, -0.2) is 0 Å². The van der Waals surface area contributed by atoms with Gasteiger partial charge in [0, 0.05) is 5.41 Å². The number of nitro groups is 1. The summed E-state index contributed by atoms with van der Waals surface area (Å²) < 4.78 is 10.6. The minimum Gasteiger partial charge on any atom is -0.493 e. The van der Waals surface area contributed by atoms with Crippen molar-refractivity contribution in [3.63, 3.8) is 0 Å². The highest BCUT2D eigenvalue weighted by Crippen LogP contribution is 2.42. The number of rotatable bonds is 6. The molecule has 0 aliphatic heterocycles. The van der Waals surface area contributed by atoms with E-state index in [1.54, 1.807) is 12.1 Å². The molecule has 1 aliphatic rings. The molecule has 0 heterocycles. The molecule has 6 heteroatoms. The number of thiol groups is 1. The van der Waals surface area contributed by atoms with Gasteiger partial charge in [0.1, 0.15) is 5.75 Å². The van der Waals surface area contributed by atoms with Crippen LogP contribution in [0.1, 0.15) is 19.3 Å². The van der Waals surface area contributed by atoms with Crippen molar-refractivity contribution in [1.29, 1.82) is 0 Å². The molecule has 0 bridgehead atoms. The zero-order chi connectivity index (χ0) is 13.9. The summed E-state index contributed by atoms with van der Waals surface area (Å²) in [5.41, 5.74) is 0.0613. The van der Waals surface area contributed by atoms with Crippen LogP contribution in [0, 0.1) is 15.5 Å². The second-order valence-electron chi connectivity index (χ2n) is 4.89. The largest absolute Gasteiger partial charge is 0.493 e. The van der Waals surface area contributed by atoms with Crippen LogP contribution in [0.25, 0.3) is 0 Å². The van der Waals surface area contributed by atoms with Crippen LogP contribution in [0.3, 0.4) is 0 Å². The van der Waals surface area contributed by atoms with Crippen LogP contribution in [0.5, 0.6) is 11.5 Å². The average Bonchev–Trinajstić information content (AvgIpc) is 2.37. The molecule has 0 N–H and O–H groups in total. The average molecular weight is 283 g/mol. The Bertz CT molecular complexity index is 468. The molecule has 0 saturated heterocycles. The Labute approximate surface area is 117 Å². The number of nitro benzene ring substituents is 1. The van der Waals surface area contributed by atoms with E-state index in [1.165, 1.54) is 19.6 Å². The SMILES string of the molecule is COc1ccc(OCC2(CS)CCC2)cc1[N+](=O)[O-]. The van der Waals surface area contributed by atoms with Gasteiger partial charge in [-0.15, -0.1) is 0 Å². The van der Waals surface area contributed by atoms with Gasteiger partial charge < -0.3 is 9.47 Å². The summed E-state index contributed by atoms with van der Waals surface area (Å²) in [6.07, 6.45) is 3.41. The molecular weight excluding hydrogens is 266 g/mol. The molecule has 2 rings (SSSR count). The van der Waals surface area contributed by atoms with Crippen molar-refractivity contribution in [3.05, 3.63) is 28.3 Å². The predicted octanol–water partition coefficient (Wildman–Crippen LogP) is 3.08. The van der Waals surface area contributed by atoms with Crippen molar-refractivity contribution < 1.29 is 14.4 Å². The molecule has 104 valence electrons. The third-order valence-electron chi connectivity index (χ3n) is 3.64. The summed E-state index contributed by atoms with van der Waals surface area (Å²) in [4.78, 5) is 10.4. The lowest BCUT2D eigenvalue weighted by Gasteiger charge is -2.40. The normalized spacial score (nSPS) is 16.5. The van der Waals surface area contributed by atoms with E-state index in [2.05, 4.69) is 12.6 Å². The van der Waals surface area contributed by atoms with Crippen molar-refractivity contribution in [2.75, 3.05) is 19.5 Å². The number of hydrogen-bond acceptors (Lipinski definition) is 5. The van der Waals surface area contributed by atoms with Gasteiger partial charge in [-0.1, -0.05) is 6.42 Å². The third-order valence-corrected chi connectivity index (χ3v) is 4.31. The van der Waals surface area contributed by atoms with E-state index in [-0.39, 0.29) is 16.9 Å².